The van der Waals surface area contributed by atoms with Gasteiger partial charge < -0.3 is 25.1 Å². The lowest BCUT2D eigenvalue weighted by molar-refractivity contribution is 0.281. The number of rotatable bonds is 8. The molecule has 0 atom stereocenters. The highest BCUT2D eigenvalue weighted by Gasteiger charge is 2.24. The Bertz CT molecular complexity index is 1420. The summed E-state index contributed by atoms with van der Waals surface area (Å²) < 4.78 is 40.9. The second kappa shape index (κ2) is 11.2. The topological polar surface area (TPSA) is 102 Å². The molecule has 1 aromatic heterocycles. The molecule has 1 aliphatic heterocycles. The molecule has 0 saturated carbocycles. The molecule has 4 rings (SSSR count). The van der Waals surface area contributed by atoms with E-state index in [0.29, 0.717) is 17.1 Å². The van der Waals surface area contributed by atoms with Gasteiger partial charge in [-0.05, 0) is 61.9 Å². The third-order valence-corrected chi connectivity index (χ3v) is 8.76. The molecule has 0 spiro atoms. The molecule has 2 aromatic carbocycles. The van der Waals surface area contributed by atoms with E-state index in [4.69, 9.17) is 0 Å². The highest BCUT2D eigenvalue weighted by Crippen LogP contribution is 2.33. The average molecular weight is 543 g/mol. The fourth-order valence-corrected chi connectivity index (χ4v) is 5.75. The molecule has 9 nitrogen and oxygen atoms in total. The van der Waals surface area contributed by atoms with E-state index in [1.54, 1.807) is 37.1 Å². The molecule has 0 aliphatic carbocycles. The van der Waals surface area contributed by atoms with Gasteiger partial charge in [0.05, 0.1) is 29.1 Å². The van der Waals surface area contributed by atoms with Crippen molar-refractivity contribution in [1.82, 2.24) is 14.9 Å². The van der Waals surface area contributed by atoms with Crippen LogP contribution in [0.2, 0.25) is 0 Å². The summed E-state index contributed by atoms with van der Waals surface area (Å²) in [4.78, 5) is 14.6. The summed E-state index contributed by atoms with van der Waals surface area (Å²) in [6.07, 6.45) is 1.08. The third kappa shape index (κ3) is 5.74. The Morgan fingerprint density at radius 1 is 1.11 bits per heavy atom. The largest absolute Gasteiger partial charge is 0.392 e. The van der Waals surface area contributed by atoms with Crippen LogP contribution in [0.1, 0.15) is 23.6 Å². The molecule has 38 heavy (non-hydrogen) atoms. The maximum Gasteiger partial charge on any atom is 0.229 e. The van der Waals surface area contributed by atoms with Crippen molar-refractivity contribution in [2.75, 3.05) is 61.1 Å². The Hall–Kier alpha value is -3.28. The van der Waals surface area contributed by atoms with Crippen LogP contribution in [-0.4, -0.2) is 74.4 Å². The van der Waals surface area contributed by atoms with Crippen molar-refractivity contribution in [3.8, 4) is 0 Å². The van der Waals surface area contributed by atoms with E-state index in [1.165, 1.54) is 0 Å². The first-order valence-corrected chi connectivity index (χ1v) is 14.2. The zero-order chi connectivity index (χ0) is 27.6. The minimum absolute atomic E-state index is 0.0229. The number of hydrogen-bond donors (Lipinski definition) is 2. The first-order valence-electron chi connectivity index (χ1n) is 12.6. The van der Waals surface area contributed by atoms with Crippen LogP contribution in [0.15, 0.2) is 41.4 Å². The van der Waals surface area contributed by atoms with Gasteiger partial charge in [-0.2, -0.15) is 4.98 Å². The summed E-state index contributed by atoms with van der Waals surface area (Å²) in [5, 5.41) is 12.7. The van der Waals surface area contributed by atoms with Gasteiger partial charge in [-0.1, -0.05) is 13.0 Å². The van der Waals surface area contributed by atoms with Gasteiger partial charge in [-0.25, -0.2) is 17.8 Å². The monoisotopic (exact) mass is 542 g/mol. The van der Waals surface area contributed by atoms with Crippen LogP contribution in [0.5, 0.6) is 0 Å². The third-order valence-electron chi connectivity index (χ3n) is 7.00. The van der Waals surface area contributed by atoms with Gasteiger partial charge in [0.1, 0.15) is 0 Å². The van der Waals surface area contributed by atoms with Gasteiger partial charge in [-0.3, -0.25) is 0 Å². The predicted molar refractivity (Wildman–Crippen MR) is 149 cm³/mol. The maximum absolute atomic E-state index is 14.9. The minimum atomic E-state index is -3.51. The van der Waals surface area contributed by atoms with Gasteiger partial charge in [0, 0.05) is 44.6 Å². The molecule has 2 heterocycles. The van der Waals surface area contributed by atoms with E-state index in [0.717, 1.165) is 49.1 Å². The van der Waals surface area contributed by atoms with Crippen molar-refractivity contribution in [1.29, 1.82) is 0 Å². The van der Waals surface area contributed by atoms with Crippen molar-refractivity contribution < 1.29 is 17.9 Å². The molecule has 1 aliphatic rings. The van der Waals surface area contributed by atoms with Gasteiger partial charge in [-0.15, -0.1) is 0 Å². The molecular weight excluding hydrogens is 507 g/mol. The Morgan fingerprint density at radius 3 is 2.47 bits per heavy atom. The number of aryl methyl sites for hydroxylation is 2. The van der Waals surface area contributed by atoms with Gasteiger partial charge >= 0.3 is 0 Å². The number of hydrogen-bond acceptors (Lipinski definition) is 9. The smallest absolute Gasteiger partial charge is 0.229 e. The second-order valence-corrected chi connectivity index (χ2v) is 11.9. The van der Waals surface area contributed by atoms with Crippen molar-refractivity contribution in [2.45, 2.75) is 32.3 Å². The number of aliphatic hydroxyl groups is 1. The van der Waals surface area contributed by atoms with Crippen molar-refractivity contribution in [3.05, 3.63) is 59.0 Å². The molecule has 1 fully saturated rings. The lowest BCUT2D eigenvalue weighted by Crippen LogP contribution is -2.45. The van der Waals surface area contributed by atoms with Crippen molar-refractivity contribution in [2.24, 2.45) is 0 Å². The SMILES string of the molecule is CCS(=O)(=O)c1cc(Nc2ncc(F)c(N(C)c3cc(CO)c(C)cc3C)n2)ccc1N1CCN(C)CC1. The molecule has 0 amide bonds. The van der Waals surface area contributed by atoms with E-state index in [-0.39, 0.29) is 29.0 Å². The van der Waals surface area contributed by atoms with Crippen LogP contribution in [0.4, 0.5) is 33.2 Å². The first-order chi connectivity index (χ1) is 18.0. The summed E-state index contributed by atoms with van der Waals surface area (Å²) >= 11 is 0. The number of aromatic nitrogens is 2. The van der Waals surface area contributed by atoms with E-state index >= 15 is 0 Å². The zero-order valence-electron chi connectivity index (χ0n) is 22.5. The number of sulfone groups is 1. The number of nitrogens with zero attached hydrogens (tertiary/aromatic N) is 5. The van der Waals surface area contributed by atoms with E-state index in [9.17, 15) is 17.9 Å². The van der Waals surface area contributed by atoms with E-state index in [2.05, 4.69) is 25.1 Å². The number of likely N-dealkylation sites (N-methyl/N-ethyl adjacent to an activating group) is 1. The van der Waals surface area contributed by atoms with Gasteiger partial charge in [0.25, 0.3) is 0 Å². The standard InChI is InChI=1S/C27H35FN6O3S/c1-6-38(36,37)25-15-21(7-8-23(25)34-11-9-32(4)10-12-34)30-27-29-16-22(28)26(31-27)33(5)24-14-20(17-35)18(2)13-19(24)3/h7-8,13-16,35H,6,9-12,17H2,1-5H3,(H,29,30,31). The molecule has 0 bridgehead atoms. The molecular formula is C27H35FN6O3S. The molecule has 11 heteroatoms. The number of aliphatic hydroxyl groups excluding tert-OH is 1. The number of halogens is 1. The average Bonchev–Trinajstić information content (AvgIpc) is 2.90. The highest BCUT2D eigenvalue weighted by atomic mass is 32.2. The van der Waals surface area contributed by atoms with Crippen LogP contribution >= 0.6 is 0 Å². The van der Waals surface area contributed by atoms with Crippen LogP contribution in [0.25, 0.3) is 0 Å². The summed E-state index contributed by atoms with van der Waals surface area (Å²) in [7, 11) is 0.238. The quantitative estimate of drug-likeness (QED) is 0.440. The maximum atomic E-state index is 14.9. The number of benzene rings is 2. The molecule has 1 saturated heterocycles. The first kappa shape index (κ1) is 27.7. The van der Waals surface area contributed by atoms with Crippen LogP contribution < -0.4 is 15.1 Å². The summed E-state index contributed by atoms with van der Waals surface area (Å²) in [5.41, 5.74) is 4.48. The van der Waals surface area contributed by atoms with Gasteiger partial charge in [0.15, 0.2) is 21.5 Å². The Kier molecular flexibility index (Phi) is 8.19. The fraction of sp³-hybridized carbons (Fsp3) is 0.407. The second-order valence-electron chi connectivity index (χ2n) is 9.65. The van der Waals surface area contributed by atoms with E-state index in [1.807, 2.05) is 33.0 Å². The van der Waals surface area contributed by atoms with Crippen LogP contribution in [0, 0.1) is 19.7 Å². The van der Waals surface area contributed by atoms with Crippen molar-refractivity contribution in [3.63, 3.8) is 0 Å². The normalized spacial score (nSPS) is 14.6. The fourth-order valence-electron chi connectivity index (χ4n) is 4.62. The van der Waals surface area contributed by atoms with Crippen molar-refractivity contribution >= 4 is 38.7 Å². The minimum Gasteiger partial charge on any atom is -0.392 e. The lowest BCUT2D eigenvalue weighted by atomic mass is 10.0. The Morgan fingerprint density at radius 2 is 1.82 bits per heavy atom. The molecule has 3 aromatic rings. The molecule has 204 valence electrons. The molecule has 0 unspecified atom stereocenters. The van der Waals surface area contributed by atoms with Crippen LogP contribution in [0.3, 0.4) is 0 Å². The van der Waals surface area contributed by atoms with E-state index < -0.39 is 15.7 Å². The number of nitrogens with one attached hydrogen (secondary N) is 1. The van der Waals surface area contributed by atoms with Gasteiger partial charge in [0.2, 0.25) is 5.95 Å². The summed E-state index contributed by atoms with van der Waals surface area (Å²) in [6, 6.07) is 8.95. The zero-order valence-corrected chi connectivity index (χ0v) is 23.3. The number of piperazine rings is 1. The van der Waals surface area contributed by atoms with Crippen LogP contribution in [-0.2, 0) is 16.4 Å². The summed E-state index contributed by atoms with van der Waals surface area (Å²) in [5.74, 6) is -0.449. The number of anilines is 5. The predicted octanol–water partition coefficient (Wildman–Crippen LogP) is 3.78. The summed E-state index contributed by atoms with van der Waals surface area (Å²) in [6.45, 7) is 8.51. The Balaban J connectivity index is 1.67. The molecule has 2 N–H and O–H groups in total. The highest BCUT2D eigenvalue weighted by molar-refractivity contribution is 7.91. The Labute approximate surface area is 223 Å². The molecule has 0 radical (unpaired) electrons. The lowest BCUT2D eigenvalue weighted by Gasteiger charge is -2.35.